The molecule has 2 rings (SSSR count). The quantitative estimate of drug-likeness (QED) is 0.0348. The molecule has 68 heavy (non-hydrogen) atoms. The first-order chi connectivity index (χ1) is 30.2. The van der Waals surface area contributed by atoms with Crippen molar-refractivity contribution >= 4 is 87.6 Å². The van der Waals surface area contributed by atoms with E-state index in [1.807, 2.05) is 77.4 Å². The maximum atomic E-state index is 13.4. The number of hydrogen-bond acceptors (Lipinski definition) is 12. The fraction of sp³-hybridized carbons (Fsp3) is 0.660. The summed E-state index contributed by atoms with van der Waals surface area (Å²) < 4.78 is 62.5. The van der Waals surface area contributed by atoms with Crippen LogP contribution in [0.3, 0.4) is 0 Å². The maximum absolute atomic E-state index is 13.4. The van der Waals surface area contributed by atoms with Crippen LogP contribution in [0.4, 0.5) is 0 Å². The van der Waals surface area contributed by atoms with Crippen LogP contribution in [0, 0.1) is 0 Å². The van der Waals surface area contributed by atoms with Crippen LogP contribution in [0.15, 0.2) is 61.2 Å². The molecule has 0 saturated heterocycles. The van der Waals surface area contributed by atoms with Gasteiger partial charge in [0.25, 0.3) is 0 Å². The summed E-state index contributed by atoms with van der Waals surface area (Å²) in [5, 5.41) is 0. The molecule has 390 valence electrons. The van der Waals surface area contributed by atoms with Crippen LogP contribution in [0.5, 0.6) is 11.5 Å². The second-order valence-corrected chi connectivity index (χ2v) is 60.2. The Morgan fingerprint density at radius 1 is 0.456 bits per heavy atom. The van der Waals surface area contributed by atoms with Crippen LogP contribution < -0.4 is 9.47 Å². The van der Waals surface area contributed by atoms with E-state index >= 15 is 0 Å². The highest BCUT2D eigenvalue weighted by Gasteiger charge is 2.46. The SMILES string of the molecule is C=CCOc1ccc(C(=O)C(C)(C)O[Si](C)(C)O[Si](C)(C)O[Si](C)(C)C)cc1.CC(C)(O[Si](C)(C)O[Si](C)(C)O[Si](C)(C)C)C(=O)c1ccc(OCCC[Si](C)(C)O[Si](C)(C)O[Si](C)(C)C)cc1. The zero-order valence-electron chi connectivity index (χ0n) is 47.1. The van der Waals surface area contributed by atoms with Gasteiger partial charge in [-0.2, -0.15) is 0 Å². The highest BCUT2D eigenvalue weighted by Crippen LogP contribution is 2.30. The highest BCUT2D eigenvalue weighted by molar-refractivity contribution is 6.88. The first kappa shape index (κ1) is 64.8. The molecular formula is C47H94O12Si9. The molecule has 0 aliphatic heterocycles. The molecule has 0 saturated carbocycles. The Morgan fingerprint density at radius 3 is 1.07 bits per heavy atom. The second kappa shape index (κ2) is 24.7. The standard InChI is InChI=1S/C27H58O7Si6.C20H36O5Si3/c1-27(2,30-38(11,12)34-40(15,16)32-36(6,7)8)26(28)24-18-20-25(21-19-24)29-22-17-23-37(9,10)33-39(13,14)31-35(3,4)5;1-11-16-22-18-14-12-17(13-15-18)19(21)20(2,3)23-27(7,8)25-28(9,10)24-26(4,5)6/h18-21H,17,22-23H2,1-16H3;11-15H,1,16H2,2-10H3. The Morgan fingerprint density at radius 2 is 0.765 bits per heavy atom. The van der Waals surface area contributed by atoms with E-state index in [-0.39, 0.29) is 11.6 Å². The van der Waals surface area contributed by atoms with Gasteiger partial charge in [-0.25, -0.2) is 0 Å². The zero-order valence-corrected chi connectivity index (χ0v) is 56.1. The van der Waals surface area contributed by atoms with Gasteiger partial charge in [-0.05, 0) is 226 Å². The van der Waals surface area contributed by atoms with E-state index in [1.54, 1.807) is 44.2 Å². The molecule has 0 radical (unpaired) electrons. The minimum Gasteiger partial charge on any atom is -0.494 e. The predicted molar refractivity (Wildman–Crippen MR) is 304 cm³/mol. The molecule has 0 spiro atoms. The maximum Gasteiger partial charge on any atom is 0.323 e. The van der Waals surface area contributed by atoms with Gasteiger partial charge in [0.2, 0.25) is 0 Å². The van der Waals surface area contributed by atoms with Crippen molar-refractivity contribution in [2.45, 2.75) is 189 Å². The Balaban J connectivity index is 0.000000724. The summed E-state index contributed by atoms with van der Waals surface area (Å²) in [7, 11) is -19.1. The number of ether oxygens (including phenoxy) is 2. The van der Waals surface area contributed by atoms with Gasteiger partial charge in [0.15, 0.2) is 44.8 Å². The lowest BCUT2D eigenvalue weighted by molar-refractivity contribution is 0.0465. The topological polar surface area (TPSA) is 126 Å². The lowest BCUT2D eigenvalue weighted by atomic mass is 9.97. The number of benzene rings is 2. The number of hydrogen-bond donors (Lipinski definition) is 0. The molecular weight excluding hydrogens is 1010 g/mol. The van der Waals surface area contributed by atoms with Crippen molar-refractivity contribution in [3.05, 3.63) is 72.3 Å². The Labute approximate surface area is 423 Å². The Bertz CT molecular complexity index is 1910. The fourth-order valence-electron chi connectivity index (χ4n) is 8.48. The summed E-state index contributed by atoms with van der Waals surface area (Å²) in [6.45, 7) is 56.4. The first-order valence-corrected chi connectivity index (χ1v) is 51.4. The number of carbonyl (C=O) groups is 2. The molecule has 0 atom stereocenters. The summed E-state index contributed by atoms with van der Waals surface area (Å²) in [5.41, 5.74) is -0.846. The van der Waals surface area contributed by atoms with Crippen LogP contribution in [-0.4, -0.2) is 112 Å². The molecule has 12 nitrogen and oxygen atoms in total. The third-order valence-electron chi connectivity index (χ3n) is 9.05. The molecule has 2 aromatic carbocycles. The molecule has 0 heterocycles. The molecule has 0 N–H and O–H groups in total. The van der Waals surface area contributed by atoms with Gasteiger partial charge in [0.05, 0.1) is 6.61 Å². The first-order valence-electron chi connectivity index (χ1n) is 24.0. The fourth-order valence-corrected chi connectivity index (χ4v) is 47.0. The molecule has 2 aromatic rings. The van der Waals surface area contributed by atoms with Gasteiger partial charge >= 0.3 is 42.8 Å². The highest BCUT2D eigenvalue weighted by atomic mass is 28.5. The normalized spacial score (nSPS) is 14.0. The lowest BCUT2D eigenvalue weighted by Gasteiger charge is -2.40. The molecule has 21 heteroatoms. The van der Waals surface area contributed by atoms with Gasteiger partial charge < -0.3 is 43.0 Å². The van der Waals surface area contributed by atoms with E-state index in [0.717, 1.165) is 18.2 Å². The molecule has 0 bridgehead atoms. The van der Waals surface area contributed by atoms with Crippen molar-refractivity contribution in [3.8, 4) is 11.5 Å². The third kappa shape index (κ3) is 27.0. The summed E-state index contributed by atoms with van der Waals surface area (Å²) in [5.74, 6) is 1.29. The average Bonchev–Trinajstić information content (AvgIpc) is 3.07. The number of Topliss-reactive ketones (excluding diaryl/α,β-unsaturated/α-hetero) is 2. The second-order valence-electron chi connectivity index (χ2n) is 24.2. The van der Waals surface area contributed by atoms with Crippen LogP contribution in [0.1, 0.15) is 54.8 Å². The molecule has 0 aromatic heterocycles. The van der Waals surface area contributed by atoms with E-state index in [2.05, 4.69) is 105 Å². The van der Waals surface area contributed by atoms with E-state index < -0.39 is 87.3 Å². The minimum atomic E-state index is -2.64. The summed E-state index contributed by atoms with van der Waals surface area (Å²) in [6.07, 6.45) is 2.60. The van der Waals surface area contributed by atoms with Crippen molar-refractivity contribution in [1.29, 1.82) is 0 Å². The van der Waals surface area contributed by atoms with Crippen molar-refractivity contribution in [1.82, 2.24) is 0 Å². The van der Waals surface area contributed by atoms with Crippen molar-refractivity contribution in [2.24, 2.45) is 0 Å². The lowest BCUT2D eigenvalue weighted by Crippen LogP contribution is -2.56. The van der Waals surface area contributed by atoms with Gasteiger partial charge in [-0.3, -0.25) is 9.59 Å². The van der Waals surface area contributed by atoms with Crippen LogP contribution in [-0.2, 0) is 33.5 Å². The van der Waals surface area contributed by atoms with Gasteiger partial charge in [-0.1, -0.05) is 12.7 Å². The van der Waals surface area contributed by atoms with Gasteiger partial charge in [-0.15, -0.1) is 0 Å². The monoisotopic (exact) mass is 1100 g/mol. The average molecular weight is 1100 g/mol. The van der Waals surface area contributed by atoms with Gasteiger partial charge in [0, 0.05) is 11.1 Å². The number of ketones is 2. The van der Waals surface area contributed by atoms with Gasteiger partial charge in [0.1, 0.15) is 29.3 Å². The van der Waals surface area contributed by atoms with E-state index in [4.69, 9.17) is 43.0 Å². The number of carbonyl (C=O) groups excluding carboxylic acids is 2. The Hall–Kier alpha value is -1.25. The van der Waals surface area contributed by atoms with Crippen molar-refractivity contribution < 1.29 is 52.6 Å². The molecule has 0 aliphatic carbocycles. The largest absolute Gasteiger partial charge is 0.494 e. The van der Waals surface area contributed by atoms with Crippen LogP contribution in [0.25, 0.3) is 0 Å². The summed E-state index contributed by atoms with van der Waals surface area (Å²) in [4.78, 5) is 26.4. The molecule has 0 amide bonds. The predicted octanol–water partition coefficient (Wildman–Crippen LogP) is 14.0. The zero-order chi connectivity index (χ0) is 53.2. The van der Waals surface area contributed by atoms with E-state index in [0.29, 0.717) is 30.1 Å². The molecule has 0 fully saturated rings. The van der Waals surface area contributed by atoms with Crippen molar-refractivity contribution in [3.63, 3.8) is 0 Å². The van der Waals surface area contributed by atoms with Crippen LogP contribution >= 0.6 is 0 Å². The van der Waals surface area contributed by atoms with Crippen molar-refractivity contribution in [2.75, 3.05) is 13.2 Å². The minimum absolute atomic E-state index is 0.0778. The van der Waals surface area contributed by atoms with Crippen LogP contribution in [0.2, 0.25) is 144 Å². The summed E-state index contributed by atoms with van der Waals surface area (Å²) >= 11 is 0. The number of rotatable bonds is 28. The van der Waals surface area contributed by atoms with E-state index in [1.165, 1.54) is 0 Å². The Kier molecular flexibility index (Phi) is 23.5. The summed E-state index contributed by atoms with van der Waals surface area (Å²) in [6, 6.07) is 15.4. The van der Waals surface area contributed by atoms with E-state index in [9.17, 15) is 9.59 Å². The third-order valence-corrected chi connectivity index (χ3v) is 37.9. The smallest absolute Gasteiger partial charge is 0.323 e. The molecule has 0 unspecified atom stereocenters. The molecule has 0 aliphatic rings.